The maximum absolute atomic E-state index is 8.92. The van der Waals surface area contributed by atoms with E-state index in [1.807, 2.05) is 0 Å². The SMILES string of the molecule is CCN1CCN(c2ccccc2CNC(C)CCCO)CC1. The quantitative estimate of drug-likeness (QED) is 0.771. The summed E-state index contributed by atoms with van der Waals surface area (Å²) in [6, 6.07) is 9.18. The summed E-state index contributed by atoms with van der Waals surface area (Å²) in [5.41, 5.74) is 2.75. The van der Waals surface area contributed by atoms with Crippen molar-refractivity contribution >= 4 is 5.69 Å². The van der Waals surface area contributed by atoms with Crippen molar-refractivity contribution in [1.29, 1.82) is 0 Å². The smallest absolute Gasteiger partial charge is 0.0431 e. The van der Waals surface area contributed by atoms with Crippen LogP contribution in [0, 0.1) is 0 Å². The third-order valence-corrected chi connectivity index (χ3v) is 4.59. The van der Waals surface area contributed by atoms with E-state index in [0.29, 0.717) is 6.04 Å². The van der Waals surface area contributed by atoms with Crippen LogP contribution in [0.25, 0.3) is 0 Å². The summed E-state index contributed by atoms with van der Waals surface area (Å²) in [4.78, 5) is 5.02. The Bertz CT molecular complexity index is 430. The van der Waals surface area contributed by atoms with Gasteiger partial charge in [-0.25, -0.2) is 0 Å². The summed E-state index contributed by atoms with van der Waals surface area (Å²) < 4.78 is 0. The second kappa shape index (κ2) is 9.13. The zero-order valence-electron chi connectivity index (χ0n) is 14.1. The van der Waals surface area contributed by atoms with E-state index in [1.54, 1.807) is 0 Å². The minimum Gasteiger partial charge on any atom is -0.396 e. The number of benzene rings is 1. The Balaban J connectivity index is 1.92. The van der Waals surface area contributed by atoms with Gasteiger partial charge in [0.2, 0.25) is 0 Å². The molecule has 0 spiro atoms. The molecule has 124 valence electrons. The number of aliphatic hydroxyl groups excluding tert-OH is 1. The van der Waals surface area contributed by atoms with Gasteiger partial charge in [-0.3, -0.25) is 0 Å². The highest BCUT2D eigenvalue weighted by Crippen LogP contribution is 2.22. The van der Waals surface area contributed by atoms with Gasteiger partial charge in [0.25, 0.3) is 0 Å². The standard InChI is InChI=1S/C18H31N3O/c1-3-20-10-12-21(13-11-20)18-9-5-4-8-17(18)15-19-16(2)7-6-14-22/h4-5,8-9,16,19,22H,3,6-7,10-15H2,1-2H3. The summed E-state index contributed by atoms with van der Waals surface area (Å²) in [5, 5.41) is 12.5. The lowest BCUT2D eigenvalue weighted by molar-refractivity contribution is 0.271. The summed E-state index contributed by atoms with van der Waals surface area (Å²) >= 11 is 0. The van der Waals surface area contributed by atoms with Gasteiger partial charge in [-0.1, -0.05) is 25.1 Å². The first kappa shape index (κ1) is 17.3. The van der Waals surface area contributed by atoms with Gasteiger partial charge in [-0.2, -0.15) is 0 Å². The van der Waals surface area contributed by atoms with Crippen molar-refractivity contribution in [3.8, 4) is 0 Å². The second-order valence-corrected chi connectivity index (χ2v) is 6.20. The summed E-state index contributed by atoms with van der Waals surface area (Å²) in [6.45, 7) is 11.3. The van der Waals surface area contributed by atoms with Gasteiger partial charge in [0.05, 0.1) is 0 Å². The molecule has 1 aromatic carbocycles. The number of hydrogen-bond acceptors (Lipinski definition) is 4. The van der Waals surface area contributed by atoms with Crippen LogP contribution in [0.2, 0.25) is 0 Å². The Kier molecular flexibility index (Phi) is 7.16. The first-order valence-electron chi connectivity index (χ1n) is 8.64. The van der Waals surface area contributed by atoms with Crippen LogP contribution in [0.3, 0.4) is 0 Å². The topological polar surface area (TPSA) is 38.7 Å². The van der Waals surface area contributed by atoms with Crippen LogP contribution in [0.1, 0.15) is 32.3 Å². The van der Waals surface area contributed by atoms with Gasteiger partial charge in [-0.05, 0) is 37.9 Å². The van der Waals surface area contributed by atoms with E-state index in [4.69, 9.17) is 5.11 Å². The molecule has 1 unspecified atom stereocenters. The minimum absolute atomic E-state index is 0.282. The largest absolute Gasteiger partial charge is 0.396 e. The lowest BCUT2D eigenvalue weighted by Crippen LogP contribution is -2.46. The number of nitrogens with one attached hydrogen (secondary N) is 1. The summed E-state index contributed by atoms with van der Waals surface area (Å²) in [7, 11) is 0. The molecule has 4 heteroatoms. The highest BCUT2D eigenvalue weighted by Gasteiger charge is 2.17. The molecule has 0 aromatic heterocycles. The molecule has 1 aliphatic rings. The number of likely N-dealkylation sites (N-methyl/N-ethyl adjacent to an activating group) is 1. The fourth-order valence-electron chi connectivity index (χ4n) is 3.06. The minimum atomic E-state index is 0.282. The second-order valence-electron chi connectivity index (χ2n) is 6.20. The molecule has 2 rings (SSSR count). The summed E-state index contributed by atoms with van der Waals surface area (Å²) in [6.07, 6.45) is 1.89. The van der Waals surface area contributed by atoms with E-state index in [0.717, 1.165) is 52.1 Å². The number of piperazine rings is 1. The molecule has 1 aliphatic heterocycles. The van der Waals surface area contributed by atoms with E-state index in [-0.39, 0.29) is 6.61 Å². The fraction of sp³-hybridized carbons (Fsp3) is 0.667. The average molecular weight is 305 g/mol. The number of rotatable bonds is 8. The molecular weight excluding hydrogens is 274 g/mol. The number of aliphatic hydroxyl groups is 1. The van der Waals surface area contributed by atoms with Crippen molar-refractivity contribution in [3.05, 3.63) is 29.8 Å². The number of para-hydroxylation sites is 1. The molecule has 0 radical (unpaired) electrons. The van der Waals surface area contributed by atoms with Crippen LogP contribution in [0.4, 0.5) is 5.69 Å². The van der Waals surface area contributed by atoms with Crippen LogP contribution in [-0.4, -0.2) is 55.4 Å². The lowest BCUT2D eigenvalue weighted by Gasteiger charge is -2.36. The maximum Gasteiger partial charge on any atom is 0.0431 e. The zero-order chi connectivity index (χ0) is 15.8. The lowest BCUT2D eigenvalue weighted by atomic mass is 10.1. The fourth-order valence-corrected chi connectivity index (χ4v) is 3.06. The maximum atomic E-state index is 8.92. The van der Waals surface area contributed by atoms with Crippen molar-refractivity contribution in [1.82, 2.24) is 10.2 Å². The van der Waals surface area contributed by atoms with Gasteiger partial charge < -0.3 is 20.2 Å². The summed E-state index contributed by atoms with van der Waals surface area (Å²) in [5.74, 6) is 0. The molecule has 0 amide bonds. The Hall–Kier alpha value is -1.10. The van der Waals surface area contributed by atoms with Crippen LogP contribution >= 0.6 is 0 Å². The highest BCUT2D eigenvalue weighted by molar-refractivity contribution is 5.54. The monoisotopic (exact) mass is 305 g/mol. The number of hydrogen-bond donors (Lipinski definition) is 2. The Morgan fingerprint density at radius 1 is 1.18 bits per heavy atom. The van der Waals surface area contributed by atoms with Crippen LogP contribution < -0.4 is 10.2 Å². The predicted molar refractivity (Wildman–Crippen MR) is 93.4 cm³/mol. The molecule has 1 atom stereocenters. The van der Waals surface area contributed by atoms with Crippen molar-refractivity contribution in [3.63, 3.8) is 0 Å². The third kappa shape index (κ3) is 4.97. The molecule has 1 fully saturated rings. The Morgan fingerprint density at radius 3 is 2.59 bits per heavy atom. The van der Waals surface area contributed by atoms with E-state index < -0.39 is 0 Å². The molecule has 0 bridgehead atoms. The molecule has 1 saturated heterocycles. The first-order chi connectivity index (χ1) is 10.7. The zero-order valence-corrected chi connectivity index (χ0v) is 14.1. The van der Waals surface area contributed by atoms with Gasteiger partial charge in [-0.15, -0.1) is 0 Å². The molecule has 22 heavy (non-hydrogen) atoms. The van der Waals surface area contributed by atoms with Crippen molar-refractivity contribution in [2.24, 2.45) is 0 Å². The van der Waals surface area contributed by atoms with Gasteiger partial charge >= 0.3 is 0 Å². The van der Waals surface area contributed by atoms with Crippen LogP contribution in [0.5, 0.6) is 0 Å². The Morgan fingerprint density at radius 2 is 1.91 bits per heavy atom. The third-order valence-electron chi connectivity index (χ3n) is 4.59. The molecule has 4 nitrogen and oxygen atoms in total. The molecule has 2 N–H and O–H groups in total. The predicted octanol–water partition coefficient (Wildman–Crippen LogP) is 2.08. The molecule has 0 aliphatic carbocycles. The van der Waals surface area contributed by atoms with Gasteiger partial charge in [0.15, 0.2) is 0 Å². The Labute approximate surface area is 135 Å². The normalized spacial score (nSPS) is 17.7. The van der Waals surface area contributed by atoms with Crippen LogP contribution in [-0.2, 0) is 6.54 Å². The van der Waals surface area contributed by atoms with E-state index in [9.17, 15) is 0 Å². The number of nitrogens with zero attached hydrogens (tertiary/aromatic N) is 2. The van der Waals surface area contributed by atoms with E-state index >= 15 is 0 Å². The van der Waals surface area contributed by atoms with Gasteiger partial charge in [0, 0.05) is 51.1 Å². The van der Waals surface area contributed by atoms with Crippen LogP contribution in [0.15, 0.2) is 24.3 Å². The molecule has 1 heterocycles. The molecule has 0 saturated carbocycles. The first-order valence-corrected chi connectivity index (χ1v) is 8.64. The van der Waals surface area contributed by atoms with E-state index in [2.05, 4.69) is 53.2 Å². The van der Waals surface area contributed by atoms with Crippen molar-refractivity contribution in [2.75, 3.05) is 44.2 Å². The average Bonchev–Trinajstić information content (AvgIpc) is 2.58. The van der Waals surface area contributed by atoms with Gasteiger partial charge in [0.1, 0.15) is 0 Å². The van der Waals surface area contributed by atoms with E-state index in [1.165, 1.54) is 11.3 Å². The molecule has 1 aromatic rings. The van der Waals surface area contributed by atoms with Crippen molar-refractivity contribution in [2.45, 2.75) is 39.3 Å². The highest BCUT2D eigenvalue weighted by atomic mass is 16.2. The van der Waals surface area contributed by atoms with Crippen molar-refractivity contribution < 1.29 is 5.11 Å². The number of anilines is 1. The molecular formula is C18H31N3O.